The Morgan fingerprint density at radius 2 is 2.05 bits per heavy atom. The Kier molecular flexibility index (Phi) is 3.74. The summed E-state index contributed by atoms with van der Waals surface area (Å²) in [4.78, 5) is 27.6. The molecule has 19 heavy (non-hydrogen) atoms. The van der Waals surface area contributed by atoms with E-state index in [9.17, 15) is 9.59 Å². The first-order chi connectivity index (χ1) is 9.00. The van der Waals surface area contributed by atoms with Gasteiger partial charge in [0.2, 0.25) is 5.91 Å². The van der Waals surface area contributed by atoms with Gasteiger partial charge in [0.05, 0.1) is 5.56 Å². The highest BCUT2D eigenvalue weighted by atomic mass is 16.2. The SMILES string of the molecule is Cc1cccc(N)c1C(=O)N1CCCN(C)C(=O)C1. The first-order valence-electron chi connectivity index (χ1n) is 6.39. The number of nitrogens with zero attached hydrogens (tertiary/aromatic N) is 2. The maximum Gasteiger partial charge on any atom is 0.256 e. The van der Waals surface area contributed by atoms with Crippen LogP contribution in [0.15, 0.2) is 18.2 Å². The van der Waals surface area contributed by atoms with E-state index in [-0.39, 0.29) is 18.4 Å². The molecule has 1 aliphatic heterocycles. The summed E-state index contributed by atoms with van der Waals surface area (Å²) in [6.45, 7) is 3.26. The molecule has 0 saturated carbocycles. The zero-order chi connectivity index (χ0) is 14.0. The molecule has 0 bridgehead atoms. The molecule has 2 amide bonds. The fraction of sp³-hybridized carbons (Fsp3) is 0.429. The Bertz CT molecular complexity index is 493. The smallest absolute Gasteiger partial charge is 0.256 e. The van der Waals surface area contributed by atoms with Crippen molar-refractivity contribution >= 4 is 17.5 Å². The van der Waals surface area contributed by atoms with Gasteiger partial charge in [-0.05, 0) is 25.0 Å². The van der Waals surface area contributed by atoms with Crippen molar-refractivity contribution in [3.63, 3.8) is 0 Å². The zero-order valence-electron chi connectivity index (χ0n) is 11.3. The molecule has 5 heteroatoms. The van der Waals surface area contributed by atoms with Crippen molar-refractivity contribution in [2.45, 2.75) is 13.3 Å². The second-order valence-corrected chi connectivity index (χ2v) is 4.93. The lowest BCUT2D eigenvalue weighted by molar-refractivity contribution is -0.129. The molecule has 1 fully saturated rings. The summed E-state index contributed by atoms with van der Waals surface area (Å²) in [7, 11) is 1.76. The molecular weight excluding hydrogens is 242 g/mol. The Morgan fingerprint density at radius 3 is 2.74 bits per heavy atom. The number of carbonyl (C=O) groups is 2. The summed E-state index contributed by atoms with van der Waals surface area (Å²) in [5.74, 6) is -0.183. The van der Waals surface area contributed by atoms with E-state index in [1.165, 1.54) is 0 Å². The highest BCUT2D eigenvalue weighted by Gasteiger charge is 2.25. The topological polar surface area (TPSA) is 66.6 Å². The van der Waals surface area contributed by atoms with E-state index in [0.29, 0.717) is 24.3 Å². The number of nitrogens with two attached hydrogens (primary N) is 1. The van der Waals surface area contributed by atoms with Gasteiger partial charge in [-0.25, -0.2) is 0 Å². The third-order valence-corrected chi connectivity index (χ3v) is 3.48. The number of likely N-dealkylation sites (N-methyl/N-ethyl adjacent to an activating group) is 1. The number of hydrogen-bond acceptors (Lipinski definition) is 3. The van der Waals surface area contributed by atoms with Crippen molar-refractivity contribution in [2.75, 3.05) is 32.4 Å². The number of benzene rings is 1. The van der Waals surface area contributed by atoms with Crippen LogP contribution in [0.1, 0.15) is 22.3 Å². The molecule has 0 spiro atoms. The first-order valence-corrected chi connectivity index (χ1v) is 6.39. The lowest BCUT2D eigenvalue weighted by Gasteiger charge is -2.21. The predicted octanol–water partition coefficient (Wildman–Crippen LogP) is 0.882. The third-order valence-electron chi connectivity index (χ3n) is 3.48. The van der Waals surface area contributed by atoms with Gasteiger partial charge in [0.25, 0.3) is 5.91 Å². The number of aryl methyl sites for hydroxylation is 1. The van der Waals surface area contributed by atoms with Gasteiger partial charge < -0.3 is 15.5 Å². The average Bonchev–Trinajstić information content (AvgIpc) is 2.52. The van der Waals surface area contributed by atoms with Gasteiger partial charge in [0, 0.05) is 25.8 Å². The molecule has 1 aromatic carbocycles. The number of anilines is 1. The van der Waals surface area contributed by atoms with Gasteiger partial charge in [0.15, 0.2) is 0 Å². The van der Waals surface area contributed by atoms with Crippen LogP contribution >= 0.6 is 0 Å². The van der Waals surface area contributed by atoms with Crippen molar-refractivity contribution in [2.24, 2.45) is 0 Å². The highest BCUT2D eigenvalue weighted by molar-refractivity contribution is 6.02. The Labute approximate surface area is 113 Å². The fourth-order valence-electron chi connectivity index (χ4n) is 2.30. The van der Waals surface area contributed by atoms with Gasteiger partial charge >= 0.3 is 0 Å². The van der Waals surface area contributed by atoms with Crippen LogP contribution in [0.3, 0.4) is 0 Å². The summed E-state index contributed by atoms with van der Waals surface area (Å²) in [6, 6.07) is 5.39. The van der Waals surface area contributed by atoms with Gasteiger partial charge in [0.1, 0.15) is 6.54 Å². The largest absolute Gasteiger partial charge is 0.398 e. The van der Waals surface area contributed by atoms with Crippen molar-refractivity contribution in [3.8, 4) is 0 Å². The van der Waals surface area contributed by atoms with E-state index in [4.69, 9.17) is 5.73 Å². The van der Waals surface area contributed by atoms with Crippen molar-refractivity contribution in [3.05, 3.63) is 29.3 Å². The molecule has 0 unspecified atom stereocenters. The van der Waals surface area contributed by atoms with Crippen molar-refractivity contribution < 1.29 is 9.59 Å². The Morgan fingerprint density at radius 1 is 1.32 bits per heavy atom. The van der Waals surface area contributed by atoms with Crippen molar-refractivity contribution in [1.29, 1.82) is 0 Å². The second-order valence-electron chi connectivity index (χ2n) is 4.93. The Balaban J connectivity index is 2.26. The lowest BCUT2D eigenvalue weighted by atomic mass is 10.1. The molecule has 5 nitrogen and oxygen atoms in total. The Hall–Kier alpha value is -2.04. The van der Waals surface area contributed by atoms with E-state index in [1.54, 1.807) is 22.9 Å². The van der Waals surface area contributed by atoms with Crippen LogP contribution in [0, 0.1) is 6.92 Å². The van der Waals surface area contributed by atoms with Gasteiger partial charge in [-0.2, -0.15) is 0 Å². The molecule has 2 rings (SSSR count). The average molecular weight is 261 g/mol. The normalized spacial score (nSPS) is 16.4. The van der Waals surface area contributed by atoms with Crippen LogP contribution in [-0.2, 0) is 4.79 Å². The maximum absolute atomic E-state index is 12.5. The van der Waals surface area contributed by atoms with E-state index in [0.717, 1.165) is 12.0 Å². The monoisotopic (exact) mass is 261 g/mol. The summed E-state index contributed by atoms with van der Waals surface area (Å²) >= 11 is 0. The van der Waals surface area contributed by atoms with Crippen LogP contribution in [0.2, 0.25) is 0 Å². The standard InChI is InChI=1S/C14H19N3O2/c1-10-5-3-6-11(15)13(10)14(19)17-8-4-7-16(2)12(18)9-17/h3,5-6H,4,7-9,15H2,1-2H3. The number of nitrogen functional groups attached to an aromatic ring is 1. The summed E-state index contributed by atoms with van der Waals surface area (Å²) in [6.07, 6.45) is 0.791. The molecular formula is C14H19N3O2. The van der Waals surface area contributed by atoms with Crippen molar-refractivity contribution in [1.82, 2.24) is 9.80 Å². The minimum absolute atomic E-state index is 0.0296. The fourth-order valence-corrected chi connectivity index (χ4v) is 2.30. The number of amides is 2. The quantitative estimate of drug-likeness (QED) is 0.763. The van der Waals surface area contributed by atoms with Crippen LogP contribution in [0.5, 0.6) is 0 Å². The minimum Gasteiger partial charge on any atom is -0.398 e. The van der Waals surface area contributed by atoms with E-state index >= 15 is 0 Å². The van der Waals surface area contributed by atoms with E-state index < -0.39 is 0 Å². The minimum atomic E-state index is -0.153. The second kappa shape index (κ2) is 5.30. The third kappa shape index (κ3) is 2.70. The molecule has 0 atom stereocenters. The van der Waals surface area contributed by atoms with Crippen LogP contribution in [0.25, 0.3) is 0 Å². The van der Waals surface area contributed by atoms with Crippen LogP contribution < -0.4 is 5.73 Å². The van der Waals surface area contributed by atoms with E-state index in [2.05, 4.69) is 0 Å². The summed E-state index contributed by atoms with van der Waals surface area (Å²) in [5.41, 5.74) is 7.71. The summed E-state index contributed by atoms with van der Waals surface area (Å²) < 4.78 is 0. The molecule has 1 saturated heterocycles. The zero-order valence-corrected chi connectivity index (χ0v) is 11.3. The number of carbonyl (C=O) groups excluding carboxylic acids is 2. The number of rotatable bonds is 1. The van der Waals surface area contributed by atoms with Gasteiger partial charge in [-0.15, -0.1) is 0 Å². The summed E-state index contributed by atoms with van der Waals surface area (Å²) in [5, 5.41) is 0. The van der Waals surface area contributed by atoms with Gasteiger partial charge in [-0.1, -0.05) is 12.1 Å². The van der Waals surface area contributed by atoms with Gasteiger partial charge in [-0.3, -0.25) is 9.59 Å². The molecule has 2 N–H and O–H groups in total. The molecule has 0 aliphatic carbocycles. The number of hydrogen-bond donors (Lipinski definition) is 1. The molecule has 1 heterocycles. The molecule has 1 aliphatic rings. The molecule has 1 aromatic rings. The first kappa shape index (κ1) is 13.4. The maximum atomic E-state index is 12.5. The molecule has 0 aromatic heterocycles. The lowest BCUT2D eigenvalue weighted by Crippen LogP contribution is -2.38. The predicted molar refractivity (Wildman–Crippen MR) is 73.7 cm³/mol. The van der Waals surface area contributed by atoms with Crippen LogP contribution in [-0.4, -0.2) is 48.3 Å². The molecule has 0 radical (unpaired) electrons. The highest BCUT2D eigenvalue weighted by Crippen LogP contribution is 2.19. The van der Waals surface area contributed by atoms with E-state index in [1.807, 2.05) is 19.1 Å². The molecule has 102 valence electrons. The van der Waals surface area contributed by atoms with Crippen LogP contribution in [0.4, 0.5) is 5.69 Å².